The first-order valence-electron chi connectivity index (χ1n) is 7.00. The van der Waals surface area contributed by atoms with Gasteiger partial charge in [0.05, 0.1) is 23.9 Å². The molecule has 3 aromatic rings. The highest BCUT2D eigenvalue weighted by Crippen LogP contribution is 2.28. The molecule has 2 N–H and O–H groups in total. The lowest BCUT2D eigenvalue weighted by Crippen LogP contribution is -2.06. The number of nitrogens with zero attached hydrogens (tertiary/aromatic N) is 3. The smallest absolute Gasteiger partial charge is 0.247 e. The van der Waals surface area contributed by atoms with E-state index in [-0.39, 0.29) is 6.61 Å². The summed E-state index contributed by atoms with van der Waals surface area (Å²) < 4.78 is 1.65. The average Bonchev–Trinajstić information content (AvgIpc) is 2.95. The summed E-state index contributed by atoms with van der Waals surface area (Å²) in [6.07, 6.45) is 0. The second-order valence-electron chi connectivity index (χ2n) is 4.82. The number of aliphatic hydroxyl groups excluding tert-OH is 1. The van der Waals surface area contributed by atoms with Crippen LogP contribution in [0.3, 0.4) is 0 Å². The summed E-state index contributed by atoms with van der Waals surface area (Å²) >= 11 is 12.1. The van der Waals surface area contributed by atoms with Crippen molar-refractivity contribution in [3.05, 3.63) is 58.6 Å². The first-order valence-corrected chi connectivity index (χ1v) is 7.76. The van der Waals surface area contributed by atoms with Gasteiger partial charge in [0.2, 0.25) is 5.95 Å². The summed E-state index contributed by atoms with van der Waals surface area (Å²) in [7, 11) is 0. The molecule has 118 valence electrons. The molecule has 1 heterocycles. The monoisotopic (exact) mass is 348 g/mol. The molecule has 23 heavy (non-hydrogen) atoms. The molecule has 0 aliphatic carbocycles. The minimum atomic E-state index is -0.0272. The predicted octanol–water partition coefficient (Wildman–Crippen LogP) is 3.99. The van der Waals surface area contributed by atoms with Crippen LogP contribution in [0.1, 0.15) is 0 Å². The van der Waals surface area contributed by atoms with Gasteiger partial charge in [0.15, 0.2) is 5.82 Å². The molecule has 0 unspecified atom stereocenters. The lowest BCUT2D eigenvalue weighted by atomic mass is 10.2. The van der Waals surface area contributed by atoms with Gasteiger partial charge in [0.1, 0.15) is 0 Å². The van der Waals surface area contributed by atoms with Crippen molar-refractivity contribution in [2.24, 2.45) is 0 Å². The highest BCUT2D eigenvalue weighted by molar-refractivity contribution is 6.35. The number of anilines is 2. The summed E-state index contributed by atoms with van der Waals surface area (Å²) in [6.45, 7) is 0.322. The van der Waals surface area contributed by atoms with Crippen LogP contribution in [0.5, 0.6) is 0 Å². The van der Waals surface area contributed by atoms with E-state index in [0.717, 1.165) is 5.56 Å². The number of benzene rings is 2. The molecule has 0 aliphatic rings. The van der Waals surface area contributed by atoms with Crippen LogP contribution in [0.25, 0.3) is 11.4 Å². The summed E-state index contributed by atoms with van der Waals surface area (Å²) in [5.74, 6) is 1.06. The molecule has 0 radical (unpaired) electrons. The highest BCUT2D eigenvalue weighted by Gasteiger charge is 2.13. The Labute approximate surface area is 143 Å². The van der Waals surface area contributed by atoms with Crippen LogP contribution in [0.15, 0.2) is 48.5 Å². The van der Waals surface area contributed by atoms with E-state index in [4.69, 9.17) is 23.2 Å². The number of halogens is 2. The van der Waals surface area contributed by atoms with Crippen molar-refractivity contribution in [3.63, 3.8) is 0 Å². The number of hydrogen-bond acceptors (Lipinski definition) is 4. The van der Waals surface area contributed by atoms with E-state index in [2.05, 4.69) is 15.4 Å². The van der Waals surface area contributed by atoms with E-state index < -0.39 is 0 Å². The molecule has 0 saturated carbocycles. The van der Waals surface area contributed by atoms with Crippen LogP contribution in [0, 0.1) is 0 Å². The summed E-state index contributed by atoms with van der Waals surface area (Å²) in [5, 5.41) is 17.7. The Hall–Kier alpha value is -2.08. The Kier molecular flexibility index (Phi) is 4.81. The fraction of sp³-hybridized carbons (Fsp3) is 0.125. The third kappa shape index (κ3) is 3.64. The van der Waals surface area contributed by atoms with Gasteiger partial charge < -0.3 is 10.4 Å². The Morgan fingerprint density at radius 2 is 1.87 bits per heavy atom. The molecule has 2 aromatic carbocycles. The zero-order valence-corrected chi connectivity index (χ0v) is 13.6. The topological polar surface area (TPSA) is 63.0 Å². The van der Waals surface area contributed by atoms with Gasteiger partial charge >= 0.3 is 0 Å². The lowest BCUT2D eigenvalue weighted by Gasteiger charge is -2.04. The minimum absolute atomic E-state index is 0.0272. The van der Waals surface area contributed by atoms with Crippen molar-refractivity contribution >= 4 is 34.8 Å². The van der Waals surface area contributed by atoms with E-state index in [0.29, 0.717) is 34.1 Å². The van der Waals surface area contributed by atoms with Gasteiger partial charge in [0.25, 0.3) is 0 Å². The van der Waals surface area contributed by atoms with Crippen molar-refractivity contribution < 1.29 is 5.11 Å². The van der Waals surface area contributed by atoms with Gasteiger partial charge in [-0.15, -0.1) is 5.10 Å². The normalized spacial score (nSPS) is 10.7. The Bertz CT molecular complexity index is 805. The molecule has 0 aliphatic heterocycles. The Balaban J connectivity index is 1.96. The van der Waals surface area contributed by atoms with Crippen LogP contribution >= 0.6 is 23.2 Å². The first kappa shape index (κ1) is 15.8. The maximum atomic E-state index is 9.22. The number of hydrogen-bond donors (Lipinski definition) is 2. The molecule has 0 saturated heterocycles. The maximum Gasteiger partial charge on any atom is 0.247 e. The van der Waals surface area contributed by atoms with Crippen molar-refractivity contribution in [2.75, 3.05) is 11.9 Å². The number of aliphatic hydroxyl groups is 1. The van der Waals surface area contributed by atoms with E-state index in [1.54, 1.807) is 22.9 Å². The standard InChI is InChI=1S/C16H14Cl2N4O/c17-12-6-7-13(18)14(10-12)19-16-20-15(22(21-16)8-9-23)11-4-2-1-3-5-11/h1-7,10,23H,8-9H2,(H,19,21). The average molecular weight is 349 g/mol. The van der Waals surface area contributed by atoms with Crippen LogP contribution in [-0.2, 0) is 6.54 Å². The molecule has 5 nitrogen and oxygen atoms in total. The highest BCUT2D eigenvalue weighted by atomic mass is 35.5. The summed E-state index contributed by atoms with van der Waals surface area (Å²) in [6, 6.07) is 14.8. The fourth-order valence-corrected chi connectivity index (χ4v) is 2.50. The SMILES string of the molecule is OCCn1nc(Nc2cc(Cl)ccc2Cl)nc1-c1ccccc1. The van der Waals surface area contributed by atoms with Gasteiger partial charge in [-0.05, 0) is 18.2 Å². The Morgan fingerprint density at radius 1 is 1.09 bits per heavy atom. The van der Waals surface area contributed by atoms with E-state index in [1.807, 2.05) is 30.3 Å². The second-order valence-corrected chi connectivity index (χ2v) is 5.66. The quantitative estimate of drug-likeness (QED) is 0.731. The third-order valence-corrected chi connectivity index (χ3v) is 3.76. The van der Waals surface area contributed by atoms with Crippen molar-refractivity contribution in [3.8, 4) is 11.4 Å². The molecule has 1 aromatic heterocycles. The molecule has 0 fully saturated rings. The van der Waals surface area contributed by atoms with Crippen LogP contribution in [-0.4, -0.2) is 26.5 Å². The van der Waals surface area contributed by atoms with Crippen molar-refractivity contribution in [1.29, 1.82) is 0 Å². The second kappa shape index (κ2) is 7.00. The van der Waals surface area contributed by atoms with E-state index >= 15 is 0 Å². The van der Waals surface area contributed by atoms with Gasteiger partial charge in [-0.25, -0.2) is 4.68 Å². The summed E-state index contributed by atoms with van der Waals surface area (Å²) in [4.78, 5) is 4.49. The first-order chi connectivity index (χ1) is 11.2. The number of nitrogens with one attached hydrogen (secondary N) is 1. The minimum Gasteiger partial charge on any atom is -0.394 e. The molecular formula is C16H14Cl2N4O. The molecule has 0 bridgehead atoms. The van der Waals surface area contributed by atoms with Crippen molar-refractivity contribution in [1.82, 2.24) is 14.8 Å². The van der Waals surface area contributed by atoms with Crippen LogP contribution < -0.4 is 5.32 Å². The molecule has 0 amide bonds. The van der Waals surface area contributed by atoms with Gasteiger partial charge in [-0.2, -0.15) is 4.98 Å². The van der Waals surface area contributed by atoms with Gasteiger partial charge in [-0.1, -0.05) is 53.5 Å². The third-order valence-electron chi connectivity index (χ3n) is 3.19. The number of aromatic nitrogens is 3. The fourth-order valence-electron chi connectivity index (χ4n) is 2.16. The molecule has 0 atom stereocenters. The van der Waals surface area contributed by atoms with Gasteiger partial charge in [-0.3, -0.25) is 0 Å². The molecule has 3 rings (SSSR count). The molecular weight excluding hydrogens is 335 g/mol. The van der Waals surface area contributed by atoms with Crippen LogP contribution in [0.2, 0.25) is 10.0 Å². The summed E-state index contributed by atoms with van der Waals surface area (Å²) in [5.41, 5.74) is 1.54. The molecule has 0 spiro atoms. The van der Waals surface area contributed by atoms with Gasteiger partial charge in [0, 0.05) is 10.6 Å². The van der Waals surface area contributed by atoms with Crippen LogP contribution in [0.4, 0.5) is 11.6 Å². The zero-order chi connectivity index (χ0) is 16.2. The number of rotatable bonds is 5. The largest absolute Gasteiger partial charge is 0.394 e. The molecule has 7 heteroatoms. The van der Waals surface area contributed by atoms with E-state index in [1.165, 1.54) is 0 Å². The maximum absolute atomic E-state index is 9.22. The Morgan fingerprint density at radius 3 is 2.61 bits per heavy atom. The predicted molar refractivity (Wildman–Crippen MR) is 92.3 cm³/mol. The lowest BCUT2D eigenvalue weighted by molar-refractivity contribution is 0.270. The van der Waals surface area contributed by atoms with Crippen molar-refractivity contribution in [2.45, 2.75) is 6.54 Å². The zero-order valence-electron chi connectivity index (χ0n) is 12.1. The van der Waals surface area contributed by atoms with E-state index in [9.17, 15) is 5.11 Å².